The molecule has 0 aliphatic rings. The van der Waals surface area contributed by atoms with Crippen LogP contribution in [0.1, 0.15) is 5.56 Å². The predicted molar refractivity (Wildman–Crippen MR) is 64.0 cm³/mol. The van der Waals surface area contributed by atoms with Crippen LogP contribution in [0, 0.1) is 12.3 Å². The normalized spacial score (nSPS) is 11.4. The third-order valence-corrected chi connectivity index (χ3v) is 3.11. The second kappa shape index (κ2) is 3.10. The third-order valence-electron chi connectivity index (χ3n) is 3.11. The second-order valence-electron chi connectivity index (χ2n) is 4.16. The summed E-state index contributed by atoms with van der Waals surface area (Å²) in [6.45, 7) is 1.95. The quantitative estimate of drug-likeness (QED) is 0.573. The summed E-state index contributed by atoms with van der Waals surface area (Å²) in [5, 5.41) is 18.6. The van der Waals surface area contributed by atoms with Crippen molar-refractivity contribution in [1.29, 1.82) is 5.41 Å². The van der Waals surface area contributed by atoms with Crippen LogP contribution in [-0.4, -0.2) is 19.5 Å². The van der Waals surface area contributed by atoms with Crippen molar-refractivity contribution in [3.63, 3.8) is 0 Å². The van der Waals surface area contributed by atoms with Crippen LogP contribution in [-0.2, 0) is 7.05 Å². The van der Waals surface area contributed by atoms with Crippen molar-refractivity contribution >= 4 is 21.9 Å². The highest BCUT2D eigenvalue weighted by Crippen LogP contribution is 2.25. The van der Waals surface area contributed by atoms with Crippen LogP contribution >= 0.6 is 0 Å². The lowest BCUT2D eigenvalue weighted by molar-refractivity contribution is 0.181. The van der Waals surface area contributed by atoms with E-state index < -0.39 is 0 Å². The minimum atomic E-state index is 0.0550. The molecule has 0 bridgehead atoms. The van der Waals surface area contributed by atoms with Gasteiger partial charge in [0, 0.05) is 18.6 Å². The van der Waals surface area contributed by atoms with Crippen LogP contribution in [0.15, 0.2) is 24.4 Å². The van der Waals surface area contributed by atoms with Gasteiger partial charge in [-0.15, -0.1) is 4.73 Å². The first-order valence-corrected chi connectivity index (χ1v) is 5.31. The Bertz CT molecular complexity index is 797. The highest BCUT2D eigenvalue weighted by molar-refractivity contribution is 6.04. The Labute approximate surface area is 97.0 Å². The number of nitrogens with one attached hydrogen (secondary N) is 1. The highest BCUT2D eigenvalue weighted by Gasteiger charge is 2.13. The molecule has 0 spiro atoms. The average Bonchev–Trinajstić information content (AvgIpc) is 2.55. The maximum Gasteiger partial charge on any atom is 0.236 e. The van der Waals surface area contributed by atoms with Gasteiger partial charge >= 0.3 is 0 Å². The number of fused-ring (bicyclic) bond motifs is 3. The number of pyridine rings is 1. The molecule has 0 aliphatic heterocycles. The molecule has 3 rings (SSSR count). The minimum Gasteiger partial charge on any atom is -0.425 e. The van der Waals surface area contributed by atoms with Crippen LogP contribution < -0.4 is 5.62 Å². The fourth-order valence-electron chi connectivity index (χ4n) is 2.31. The summed E-state index contributed by atoms with van der Waals surface area (Å²) in [5.41, 5.74) is 3.37. The molecule has 0 aliphatic carbocycles. The van der Waals surface area contributed by atoms with Gasteiger partial charge in [-0.05, 0) is 30.7 Å². The lowest BCUT2D eigenvalue weighted by Gasteiger charge is -2.03. The van der Waals surface area contributed by atoms with Crippen molar-refractivity contribution < 1.29 is 5.21 Å². The Balaban J connectivity index is 2.75. The Morgan fingerprint density at radius 2 is 2.12 bits per heavy atom. The molecule has 5 nitrogen and oxygen atoms in total. The Morgan fingerprint density at radius 3 is 2.88 bits per heavy atom. The van der Waals surface area contributed by atoms with E-state index in [9.17, 15) is 5.21 Å². The molecule has 17 heavy (non-hydrogen) atoms. The molecule has 0 unspecified atom stereocenters. The van der Waals surface area contributed by atoms with Crippen molar-refractivity contribution in [3.05, 3.63) is 35.6 Å². The van der Waals surface area contributed by atoms with E-state index in [-0.39, 0.29) is 5.62 Å². The predicted octanol–water partition coefficient (Wildman–Crippen LogP) is 1.55. The van der Waals surface area contributed by atoms with E-state index in [1.165, 1.54) is 0 Å². The summed E-state index contributed by atoms with van der Waals surface area (Å²) in [6, 6.07) is 5.70. The number of rotatable bonds is 0. The lowest BCUT2D eigenvalue weighted by Crippen LogP contribution is -2.20. The summed E-state index contributed by atoms with van der Waals surface area (Å²) in [6.07, 6.45) is 1.72. The van der Waals surface area contributed by atoms with Crippen LogP contribution in [0.25, 0.3) is 21.9 Å². The standard InChI is InChI=1S/C12H12N4O/c1-7-6-9-8(4-3-5-14-9)11-10(7)15(2)12(13)16(11)17/h3-6,13,17H,1-2H3. The number of aromatic nitrogens is 3. The van der Waals surface area contributed by atoms with E-state index in [1.807, 2.05) is 25.1 Å². The molecule has 3 aromatic rings. The molecule has 86 valence electrons. The highest BCUT2D eigenvalue weighted by atomic mass is 16.5. The summed E-state index contributed by atoms with van der Waals surface area (Å²) in [5.74, 6) is 0. The smallest absolute Gasteiger partial charge is 0.236 e. The minimum absolute atomic E-state index is 0.0550. The first kappa shape index (κ1) is 9.89. The van der Waals surface area contributed by atoms with Crippen molar-refractivity contribution in [2.24, 2.45) is 7.05 Å². The fraction of sp³-hybridized carbons (Fsp3) is 0.167. The van der Waals surface area contributed by atoms with Gasteiger partial charge in [0.2, 0.25) is 5.62 Å². The molecule has 0 radical (unpaired) electrons. The monoisotopic (exact) mass is 228 g/mol. The maximum absolute atomic E-state index is 9.98. The van der Waals surface area contributed by atoms with E-state index in [0.29, 0.717) is 5.52 Å². The molecular formula is C12H12N4O. The van der Waals surface area contributed by atoms with Gasteiger partial charge in [-0.1, -0.05) is 0 Å². The van der Waals surface area contributed by atoms with E-state index in [4.69, 9.17) is 5.41 Å². The van der Waals surface area contributed by atoms with Crippen molar-refractivity contribution in [1.82, 2.24) is 14.3 Å². The van der Waals surface area contributed by atoms with Gasteiger partial charge in [0.25, 0.3) is 0 Å². The van der Waals surface area contributed by atoms with Gasteiger partial charge in [-0.3, -0.25) is 10.4 Å². The van der Waals surface area contributed by atoms with Crippen molar-refractivity contribution in [2.75, 3.05) is 0 Å². The van der Waals surface area contributed by atoms with Gasteiger partial charge in [-0.25, -0.2) is 0 Å². The lowest BCUT2D eigenvalue weighted by atomic mass is 10.1. The van der Waals surface area contributed by atoms with E-state index in [1.54, 1.807) is 17.8 Å². The van der Waals surface area contributed by atoms with E-state index in [0.717, 1.165) is 26.7 Å². The molecule has 0 saturated carbocycles. The van der Waals surface area contributed by atoms with Crippen molar-refractivity contribution in [3.8, 4) is 0 Å². The van der Waals surface area contributed by atoms with E-state index in [2.05, 4.69) is 4.98 Å². The molecule has 0 amide bonds. The zero-order valence-corrected chi connectivity index (χ0v) is 9.60. The van der Waals surface area contributed by atoms with Crippen molar-refractivity contribution in [2.45, 2.75) is 6.92 Å². The summed E-state index contributed by atoms with van der Waals surface area (Å²) in [7, 11) is 1.77. The van der Waals surface area contributed by atoms with Gasteiger partial charge in [-0.2, -0.15) is 0 Å². The van der Waals surface area contributed by atoms with Gasteiger partial charge in [0.05, 0.1) is 11.0 Å². The molecule has 0 fully saturated rings. The van der Waals surface area contributed by atoms with Crippen LogP contribution in [0.5, 0.6) is 0 Å². The number of hydrogen-bond donors (Lipinski definition) is 2. The number of imidazole rings is 1. The number of aryl methyl sites for hydroxylation is 2. The SMILES string of the molecule is Cc1cc2ncccc2c2c1n(C)c(=N)n2O. The number of benzene rings is 1. The molecule has 0 saturated heterocycles. The first-order chi connectivity index (χ1) is 8.11. The summed E-state index contributed by atoms with van der Waals surface area (Å²) < 4.78 is 2.57. The van der Waals surface area contributed by atoms with Gasteiger partial charge in [0.1, 0.15) is 5.52 Å². The molecular weight excluding hydrogens is 216 g/mol. The molecule has 2 N–H and O–H groups in total. The zero-order chi connectivity index (χ0) is 12.2. The summed E-state index contributed by atoms with van der Waals surface area (Å²) in [4.78, 5) is 4.28. The molecule has 0 atom stereocenters. The van der Waals surface area contributed by atoms with Gasteiger partial charge < -0.3 is 9.77 Å². The molecule has 1 aromatic carbocycles. The third kappa shape index (κ3) is 1.13. The number of hydrogen-bond acceptors (Lipinski definition) is 3. The van der Waals surface area contributed by atoms with Crippen LogP contribution in [0.3, 0.4) is 0 Å². The largest absolute Gasteiger partial charge is 0.425 e. The first-order valence-electron chi connectivity index (χ1n) is 5.31. The Morgan fingerprint density at radius 1 is 1.35 bits per heavy atom. The molecule has 2 heterocycles. The number of nitrogens with zero attached hydrogens (tertiary/aromatic N) is 3. The zero-order valence-electron chi connectivity index (χ0n) is 9.60. The van der Waals surface area contributed by atoms with Crippen LogP contribution in [0.2, 0.25) is 0 Å². The fourth-order valence-corrected chi connectivity index (χ4v) is 2.31. The summed E-state index contributed by atoms with van der Waals surface area (Å²) >= 11 is 0. The van der Waals surface area contributed by atoms with Gasteiger partial charge in [0.15, 0.2) is 0 Å². The second-order valence-corrected chi connectivity index (χ2v) is 4.16. The maximum atomic E-state index is 9.98. The topological polar surface area (TPSA) is 66.8 Å². The molecule has 5 heteroatoms. The molecule has 2 aromatic heterocycles. The van der Waals surface area contributed by atoms with E-state index >= 15 is 0 Å². The Hall–Kier alpha value is -2.30. The van der Waals surface area contributed by atoms with Crippen LogP contribution in [0.4, 0.5) is 0 Å². The average molecular weight is 228 g/mol. The Kier molecular flexibility index (Phi) is 1.80.